The van der Waals surface area contributed by atoms with E-state index in [-0.39, 0.29) is 11.8 Å². The van der Waals surface area contributed by atoms with Gasteiger partial charge in [0.15, 0.2) is 0 Å². The summed E-state index contributed by atoms with van der Waals surface area (Å²) in [5.41, 5.74) is 5.23. The van der Waals surface area contributed by atoms with Crippen LogP contribution < -0.4 is 5.73 Å². The van der Waals surface area contributed by atoms with Gasteiger partial charge in [-0.05, 0) is 25.9 Å². The summed E-state index contributed by atoms with van der Waals surface area (Å²) in [4.78, 5) is 13.2. The van der Waals surface area contributed by atoms with Gasteiger partial charge in [-0.3, -0.25) is 4.79 Å². The van der Waals surface area contributed by atoms with Crippen LogP contribution in [0.3, 0.4) is 0 Å². The molecule has 3 nitrogen and oxygen atoms in total. The Bertz CT molecular complexity index is 155. The van der Waals surface area contributed by atoms with Gasteiger partial charge in [0.25, 0.3) is 0 Å². The number of hydrogen-bond donors (Lipinski definition) is 1. The van der Waals surface area contributed by atoms with Crippen LogP contribution in [0.4, 0.5) is 0 Å². The quantitative estimate of drug-likeness (QED) is 0.609. The molecular weight excluding hydrogens is 267 g/mol. The first-order valence-electron chi connectivity index (χ1n) is 4.31. The molecule has 0 saturated carbocycles. The van der Waals surface area contributed by atoms with E-state index in [0.29, 0.717) is 0 Å². The molecule has 0 unspecified atom stereocenters. The summed E-state index contributed by atoms with van der Waals surface area (Å²) >= 11 is 2.38. The fourth-order valence-corrected chi connectivity index (χ4v) is 2.24. The largest absolute Gasteiger partial charge is 0.369 e. The number of primary amides is 1. The monoisotopic (exact) mass is 282 g/mol. The van der Waals surface area contributed by atoms with Crippen molar-refractivity contribution in [3.05, 3.63) is 0 Å². The number of carbonyl (C=O) groups excluding carboxylic acids is 1. The smallest absolute Gasteiger partial charge is 0.220 e. The second kappa shape index (κ2) is 5.01. The highest BCUT2D eigenvalue weighted by Crippen LogP contribution is 2.16. The van der Waals surface area contributed by atoms with Crippen molar-refractivity contribution >= 4 is 28.5 Å². The molecule has 12 heavy (non-hydrogen) atoms. The Morgan fingerprint density at radius 1 is 1.50 bits per heavy atom. The third-order valence-electron chi connectivity index (χ3n) is 2.39. The minimum absolute atomic E-state index is 0.121. The molecule has 0 atom stereocenters. The minimum Gasteiger partial charge on any atom is -0.369 e. The van der Waals surface area contributed by atoms with Crippen LogP contribution in [-0.2, 0) is 4.79 Å². The van der Waals surface area contributed by atoms with Gasteiger partial charge in [-0.1, -0.05) is 22.6 Å². The first-order chi connectivity index (χ1) is 5.74. The lowest BCUT2D eigenvalue weighted by Gasteiger charge is -2.29. The van der Waals surface area contributed by atoms with Crippen molar-refractivity contribution < 1.29 is 4.79 Å². The molecule has 1 heterocycles. The zero-order chi connectivity index (χ0) is 8.97. The van der Waals surface area contributed by atoms with Crippen LogP contribution >= 0.6 is 22.6 Å². The summed E-state index contributed by atoms with van der Waals surface area (Å²) < 4.78 is 1.17. The zero-order valence-corrected chi connectivity index (χ0v) is 9.29. The number of alkyl halides is 1. The summed E-state index contributed by atoms with van der Waals surface area (Å²) in [5.74, 6) is 0.0135. The highest BCUT2D eigenvalue weighted by Gasteiger charge is 2.22. The maximum Gasteiger partial charge on any atom is 0.220 e. The average molecular weight is 282 g/mol. The Morgan fingerprint density at radius 2 is 2.08 bits per heavy atom. The van der Waals surface area contributed by atoms with Crippen LogP contribution in [0.15, 0.2) is 0 Å². The van der Waals surface area contributed by atoms with Crippen molar-refractivity contribution in [3.8, 4) is 0 Å². The van der Waals surface area contributed by atoms with Gasteiger partial charge in [-0.15, -0.1) is 0 Å². The van der Waals surface area contributed by atoms with Gasteiger partial charge < -0.3 is 10.6 Å². The highest BCUT2D eigenvalue weighted by atomic mass is 127. The molecule has 4 heteroatoms. The lowest BCUT2D eigenvalue weighted by atomic mass is 9.96. The van der Waals surface area contributed by atoms with Gasteiger partial charge in [0, 0.05) is 16.9 Å². The molecule has 70 valence electrons. The average Bonchev–Trinajstić information content (AvgIpc) is 2.06. The minimum atomic E-state index is -0.121. The molecule has 1 aliphatic rings. The predicted molar refractivity (Wildman–Crippen MR) is 57.2 cm³/mol. The van der Waals surface area contributed by atoms with Crippen LogP contribution in [0.25, 0.3) is 0 Å². The Morgan fingerprint density at radius 3 is 2.50 bits per heavy atom. The molecule has 1 amide bonds. The number of piperidine rings is 1. The normalized spacial score (nSPS) is 21.1. The van der Waals surface area contributed by atoms with E-state index in [1.807, 2.05) is 0 Å². The van der Waals surface area contributed by atoms with E-state index < -0.39 is 0 Å². The Kier molecular flexibility index (Phi) is 4.28. The lowest BCUT2D eigenvalue weighted by Crippen LogP contribution is -2.39. The number of rotatable bonds is 3. The summed E-state index contributed by atoms with van der Waals surface area (Å²) in [5, 5.41) is 0. The van der Waals surface area contributed by atoms with Crippen molar-refractivity contribution in [1.82, 2.24) is 4.90 Å². The standard InChI is InChI=1S/C8H15IN2O/c9-3-6-11-4-1-7(2-5-11)8(10)12/h7H,1-6H2,(H2,10,12). The van der Waals surface area contributed by atoms with Crippen LogP contribution in [0.2, 0.25) is 0 Å². The maximum absolute atomic E-state index is 10.8. The number of nitrogens with two attached hydrogens (primary N) is 1. The third kappa shape index (κ3) is 2.90. The number of likely N-dealkylation sites (tertiary alicyclic amines) is 1. The van der Waals surface area contributed by atoms with E-state index in [1.165, 1.54) is 4.43 Å². The molecule has 1 rings (SSSR count). The van der Waals surface area contributed by atoms with Gasteiger partial charge in [0.1, 0.15) is 0 Å². The highest BCUT2D eigenvalue weighted by molar-refractivity contribution is 14.1. The number of halogens is 1. The molecule has 0 aromatic heterocycles. The van der Waals surface area contributed by atoms with Gasteiger partial charge >= 0.3 is 0 Å². The van der Waals surface area contributed by atoms with Crippen molar-refractivity contribution in [2.45, 2.75) is 12.8 Å². The van der Waals surface area contributed by atoms with E-state index in [4.69, 9.17) is 5.73 Å². The Balaban J connectivity index is 2.25. The number of carbonyl (C=O) groups is 1. The van der Waals surface area contributed by atoms with Gasteiger partial charge in [0.2, 0.25) is 5.91 Å². The summed E-state index contributed by atoms with van der Waals surface area (Å²) in [6.45, 7) is 3.22. The van der Waals surface area contributed by atoms with E-state index in [0.717, 1.165) is 32.5 Å². The number of nitrogens with zero attached hydrogens (tertiary/aromatic N) is 1. The van der Waals surface area contributed by atoms with E-state index in [2.05, 4.69) is 27.5 Å². The Labute approximate surface area is 86.8 Å². The molecule has 1 fully saturated rings. The molecule has 0 aliphatic carbocycles. The van der Waals surface area contributed by atoms with Crippen molar-refractivity contribution in [3.63, 3.8) is 0 Å². The van der Waals surface area contributed by atoms with Gasteiger partial charge in [0.05, 0.1) is 0 Å². The molecule has 2 N–H and O–H groups in total. The molecule has 0 aromatic rings. The molecule has 0 bridgehead atoms. The van der Waals surface area contributed by atoms with Crippen LogP contribution in [-0.4, -0.2) is 34.9 Å². The van der Waals surface area contributed by atoms with E-state index in [1.54, 1.807) is 0 Å². The first-order valence-corrected chi connectivity index (χ1v) is 5.84. The fourth-order valence-electron chi connectivity index (χ4n) is 1.56. The summed E-state index contributed by atoms with van der Waals surface area (Å²) in [7, 11) is 0. The van der Waals surface area contributed by atoms with Crippen LogP contribution in [0, 0.1) is 5.92 Å². The van der Waals surface area contributed by atoms with Crippen molar-refractivity contribution in [2.75, 3.05) is 24.1 Å². The van der Waals surface area contributed by atoms with Crippen LogP contribution in [0.1, 0.15) is 12.8 Å². The summed E-state index contributed by atoms with van der Waals surface area (Å²) in [6.07, 6.45) is 1.90. The fraction of sp³-hybridized carbons (Fsp3) is 0.875. The zero-order valence-electron chi connectivity index (χ0n) is 7.13. The topological polar surface area (TPSA) is 46.3 Å². The summed E-state index contributed by atoms with van der Waals surface area (Å²) in [6, 6.07) is 0. The van der Waals surface area contributed by atoms with Crippen molar-refractivity contribution in [1.29, 1.82) is 0 Å². The van der Waals surface area contributed by atoms with E-state index >= 15 is 0 Å². The Hall–Kier alpha value is 0.160. The first kappa shape index (κ1) is 10.2. The molecule has 1 saturated heterocycles. The third-order valence-corrected chi connectivity index (χ3v) is 2.87. The van der Waals surface area contributed by atoms with Crippen molar-refractivity contribution in [2.24, 2.45) is 11.7 Å². The molecule has 0 aromatic carbocycles. The second-order valence-corrected chi connectivity index (χ2v) is 4.29. The van der Waals surface area contributed by atoms with Gasteiger partial charge in [-0.2, -0.15) is 0 Å². The number of amides is 1. The predicted octanol–water partition coefficient (Wildman–Crippen LogP) is 0.619. The lowest BCUT2D eigenvalue weighted by molar-refractivity contribution is -0.123. The second-order valence-electron chi connectivity index (χ2n) is 3.21. The maximum atomic E-state index is 10.8. The molecular formula is C8H15IN2O. The SMILES string of the molecule is NC(=O)C1CCN(CCI)CC1. The van der Waals surface area contributed by atoms with Gasteiger partial charge in [-0.25, -0.2) is 0 Å². The van der Waals surface area contributed by atoms with Crippen LogP contribution in [0.5, 0.6) is 0 Å². The molecule has 0 spiro atoms. The van der Waals surface area contributed by atoms with E-state index in [9.17, 15) is 4.79 Å². The molecule has 1 aliphatic heterocycles. The number of hydrogen-bond acceptors (Lipinski definition) is 2. The molecule has 0 radical (unpaired) electrons.